The fourth-order valence-electron chi connectivity index (χ4n) is 6.74. The Balaban J connectivity index is 1.34. The molecule has 0 spiro atoms. The Kier molecular flexibility index (Phi) is 5.84. The molecule has 0 bridgehead atoms. The molecule has 1 heterocycles. The Morgan fingerprint density at radius 1 is 0.512 bits per heavy atom. The van der Waals surface area contributed by atoms with E-state index >= 15 is 0 Å². The van der Waals surface area contributed by atoms with Crippen molar-refractivity contribution in [3.63, 3.8) is 0 Å². The second-order valence-electron chi connectivity index (χ2n) is 13.3. The van der Waals surface area contributed by atoms with E-state index in [0.717, 1.165) is 6.42 Å². The van der Waals surface area contributed by atoms with Crippen molar-refractivity contribution in [3.8, 4) is 5.69 Å². The largest absolute Gasteiger partial charge is 0.309 e. The molecule has 0 aliphatic carbocycles. The molecule has 0 fully saturated rings. The summed E-state index contributed by atoms with van der Waals surface area (Å²) < 4.78 is 2.42. The summed E-state index contributed by atoms with van der Waals surface area (Å²) in [6.45, 7) is 11.7. The molecule has 6 aromatic carbocycles. The molecule has 1 heteroatoms. The molecule has 0 atom stereocenters. The Bertz CT molecular complexity index is 2070. The lowest BCUT2D eigenvalue weighted by Crippen LogP contribution is -2.20. The number of hydrogen-bond acceptors (Lipinski definition) is 0. The topological polar surface area (TPSA) is 4.93 Å². The van der Waals surface area contributed by atoms with E-state index in [-0.39, 0.29) is 10.8 Å². The van der Waals surface area contributed by atoms with Crippen molar-refractivity contribution in [2.75, 3.05) is 0 Å². The van der Waals surface area contributed by atoms with Crippen LogP contribution < -0.4 is 0 Å². The molecule has 0 aliphatic rings. The predicted octanol–water partition coefficient (Wildman–Crippen LogP) is 10.9. The van der Waals surface area contributed by atoms with Gasteiger partial charge in [-0.25, -0.2) is 0 Å². The van der Waals surface area contributed by atoms with Crippen LogP contribution in [0.3, 0.4) is 0 Å². The highest BCUT2D eigenvalue weighted by atomic mass is 15.0. The summed E-state index contributed by atoms with van der Waals surface area (Å²) in [7, 11) is 0. The number of hydrogen-bond donors (Lipinski definition) is 0. The van der Waals surface area contributed by atoms with Crippen LogP contribution in [0.5, 0.6) is 0 Å². The van der Waals surface area contributed by atoms with Gasteiger partial charge >= 0.3 is 0 Å². The van der Waals surface area contributed by atoms with E-state index in [0.29, 0.717) is 0 Å². The van der Waals surface area contributed by atoms with E-state index in [1.807, 2.05) is 0 Å². The summed E-state index contributed by atoms with van der Waals surface area (Å²) in [5.41, 5.74) is 7.91. The molecule has 0 saturated heterocycles. The average molecular weight is 532 g/mol. The maximum atomic E-state index is 2.44. The zero-order chi connectivity index (χ0) is 28.4. The van der Waals surface area contributed by atoms with Gasteiger partial charge in [-0.2, -0.15) is 0 Å². The maximum Gasteiger partial charge on any atom is 0.0544 e. The monoisotopic (exact) mass is 531 g/mol. The first kappa shape index (κ1) is 25.6. The maximum absolute atomic E-state index is 2.44. The quantitative estimate of drug-likeness (QED) is 0.199. The summed E-state index contributed by atoms with van der Waals surface area (Å²) >= 11 is 0. The van der Waals surface area contributed by atoms with E-state index in [1.165, 1.54) is 65.7 Å². The average Bonchev–Trinajstić information content (AvgIpc) is 3.30. The standard InChI is InChI=1S/C40H37N/c1-39(2,3)36-24-28-20-19-27(23-35(28)31-15-9-10-16-32(31)36)26-40(4,5)29-21-22-34-33-17-11-12-18-37(33)41(38(34)25-29)30-13-7-6-8-14-30/h6-25H,26H2,1-5H3. The predicted molar refractivity (Wildman–Crippen MR) is 178 cm³/mol. The molecule has 202 valence electrons. The molecular formula is C40H37N. The van der Waals surface area contributed by atoms with E-state index in [4.69, 9.17) is 0 Å². The van der Waals surface area contributed by atoms with Crippen LogP contribution in [-0.2, 0) is 17.3 Å². The van der Waals surface area contributed by atoms with Crippen molar-refractivity contribution >= 4 is 43.4 Å². The van der Waals surface area contributed by atoms with Gasteiger partial charge in [-0.05, 0) is 85.8 Å². The molecule has 41 heavy (non-hydrogen) atoms. The van der Waals surface area contributed by atoms with Crippen molar-refractivity contribution in [2.45, 2.75) is 51.9 Å². The Morgan fingerprint density at radius 3 is 1.93 bits per heavy atom. The summed E-state index contributed by atoms with van der Waals surface area (Å²) in [5.74, 6) is 0. The number of benzene rings is 6. The van der Waals surface area contributed by atoms with Gasteiger partial charge in [0.05, 0.1) is 11.0 Å². The number of rotatable bonds is 4. The number of aromatic nitrogens is 1. The third-order valence-corrected chi connectivity index (χ3v) is 8.85. The van der Waals surface area contributed by atoms with Crippen LogP contribution in [0.4, 0.5) is 0 Å². The molecule has 0 aliphatic heterocycles. The highest BCUT2D eigenvalue weighted by Crippen LogP contribution is 2.39. The first-order chi connectivity index (χ1) is 19.7. The minimum absolute atomic E-state index is 0.0407. The zero-order valence-electron chi connectivity index (χ0n) is 24.7. The number of para-hydroxylation sites is 2. The van der Waals surface area contributed by atoms with Gasteiger partial charge in [0.25, 0.3) is 0 Å². The van der Waals surface area contributed by atoms with Crippen molar-refractivity contribution < 1.29 is 0 Å². The molecule has 1 aromatic heterocycles. The molecule has 1 nitrogen and oxygen atoms in total. The van der Waals surface area contributed by atoms with Gasteiger partial charge in [0.1, 0.15) is 0 Å². The van der Waals surface area contributed by atoms with Crippen LogP contribution in [0, 0.1) is 0 Å². The lowest BCUT2D eigenvalue weighted by atomic mass is 9.78. The number of fused-ring (bicyclic) bond motifs is 6. The zero-order valence-corrected chi connectivity index (χ0v) is 24.7. The first-order valence-electron chi connectivity index (χ1n) is 14.7. The van der Waals surface area contributed by atoms with Gasteiger partial charge in [0, 0.05) is 16.5 Å². The molecule has 0 radical (unpaired) electrons. The highest BCUT2D eigenvalue weighted by molar-refractivity contribution is 6.10. The van der Waals surface area contributed by atoms with Crippen molar-refractivity contribution in [2.24, 2.45) is 0 Å². The molecule has 7 rings (SSSR count). The third kappa shape index (κ3) is 4.32. The van der Waals surface area contributed by atoms with E-state index < -0.39 is 0 Å². The first-order valence-corrected chi connectivity index (χ1v) is 14.7. The van der Waals surface area contributed by atoms with E-state index in [9.17, 15) is 0 Å². The van der Waals surface area contributed by atoms with E-state index in [2.05, 4.69) is 161 Å². The summed E-state index contributed by atoms with van der Waals surface area (Å²) in [6.07, 6.45) is 0.968. The van der Waals surface area contributed by atoms with Gasteiger partial charge in [0.15, 0.2) is 0 Å². The van der Waals surface area contributed by atoms with Crippen molar-refractivity contribution in [1.29, 1.82) is 0 Å². The van der Waals surface area contributed by atoms with Crippen LogP contribution in [0.25, 0.3) is 49.0 Å². The van der Waals surface area contributed by atoms with Crippen molar-refractivity contribution in [1.82, 2.24) is 4.57 Å². The van der Waals surface area contributed by atoms with E-state index in [1.54, 1.807) is 0 Å². The molecular weight excluding hydrogens is 494 g/mol. The summed E-state index contributed by atoms with van der Waals surface area (Å²) in [5, 5.41) is 7.99. The molecule has 0 saturated carbocycles. The lowest BCUT2D eigenvalue weighted by Gasteiger charge is -2.27. The molecule has 0 amide bonds. The summed E-state index contributed by atoms with van der Waals surface area (Å²) in [6, 6.07) is 45.0. The normalized spacial score (nSPS) is 12.6. The Hall–Kier alpha value is -4.36. The van der Waals surface area contributed by atoms with Gasteiger partial charge in [-0.15, -0.1) is 0 Å². The number of nitrogens with zero attached hydrogens (tertiary/aromatic N) is 1. The smallest absolute Gasteiger partial charge is 0.0544 e. The molecule has 7 aromatic rings. The Morgan fingerprint density at radius 2 is 1.17 bits per heavy atom. The van der Waals surface area contributed by atoms with Crippen LogP contribution in [0.1, 0.15) is 51.3 Å². The van der Waals surface area contributed by atoms with Gasteiger partial charge in [-0.1, -0.05) is 126 Å². The third-order valence-electron chi connectivity index (χ3n) is 8.85. The minimum atomic E-state index is -0.0407. The van der Waals surface area contributed by atoms with Crippen molar-refractivity contribution in [3.05, 3.63) is 138 Å². The van der Waals surface area contributed by atoms with Crippen LogP contribution in [0.15, 0.2) is 121 Å². The molecule has 0 unspecified atom stereocenters. The van der Waals surface area contributed by atoms with Gasteiger partial charge < -0.3 is 4.57 Å². The van der Waals surface area contributed by atoms with Gasteiger partial charge in [-0.3, -0.25) is 0 Å². The second-order valence-corrected chi connectivity index (χ2v) is 13.3. The SMILES string of the molecule is CC(C)(C)c1cc2ccc(CC(C)(C)c3ccc4c5ccccc5n(-c5ccccc5)c4c3)cc2c2ccccc12. The van der Waals surface area contributed by atoms with Crippen LogP contribution >= 0.6 is 0 Å². The highest BCUT2D eigenvalue weighted by Gasteiger charge is 2.24. The van der Waals surface area contributed by atoms with Crippen LogP contribution in [0.2, 0.25) is 0 Å². The second kappa shape index (κ2) is 9.35. The minimum Gasteiger partial charge on any atom is -0.309 e. The van der Waals surface area contributed by atoms with Crippen LogP contribution in [-0.4, -0.2) is 4.57 Å². The molecule has 0 N–H and O–H groups in total. The fraction of sp³-hybridized carbons (Fsp3) is 0.200. The summed E-state index contributed by atoms with van der Waals surface area (Å²) in [4.78, 5) is 0. The van der Waals surface area contributed by atoms with Gasteiger partial charge in [0.2, 0.25) is 0 Å². The lowest BCUT2D eigenvalue weighted by molar-refractivity contribution is 0.523. The fourth-order valence-corrected chi connectivity index (χ4v) is 6.74. The Labute approximate surface area is 243 Å².